The summed E-state index contributed by atoms with van der Waals surface area (Å²) in [5, 5.41) is 11.7. The smallest absolute Gasteiger partial charge is 0.323 e. The van der Waals surface area contributed by atoms with E-state index in [0.29, 0.717) is 6.61 Å². The third-order valence-electron chi connectivity index (χ3n) is 3.38. The molecule has 2 amide bonds. The maximum absolute atomic E-state index is 11.9. The van der Waals surface area contributed by atoms with Gasteiger partial charge in [-0.15, -0.1) is 0 Å². The Kier molecular flexibility index (Phi) is 4.06. The molecule has 2 aliphatic rings. The van der Waals surface area contributed by atoms with Crippen LogP contribution in [0.15, 0.2) is 0 Å². The topological polar surface area (TPSA) is 78.9 Å². The summed E-state index contributed by atoms with van der Waals surface area (Å²) >= 11 is 0. The largest absolute Gasteiger partial charge is 0.480 e. The highest BCUT2D eigenvalue weighted by molar-refractivity contribution is 5.81. The molecule has 6 nitrogen and oxygen atoms in total. The molecule has 0 aromatic carbocycles. The molecule has 0 bridgehead atoms. The third kappa shape index (κ3) is 3.35. The van der Waals surface area contributed by atoms with Crippen molar-refractivity contribution in [3.05, 3.63) is 0 Å². The molecule has 0 saturated heterocycles. The van der Waals surface area contributed by atoms with Crippen molar-refractivity contribution in [2.24, 2.45) is 0 Å². The molecule has 18 heavy (non-hydrogen) atoms. The van der Waals surface area contributed by atoms with E-state index in [9.17, 15) is 9.59 Å². The number of rotatable bonds is 6. The highest BCUT2D eigenvalue weighted by Gasteiger charge is 2.37. The van der Waals surface area contributed by atoms with E-state index in [0.717, 1.165) is 25.7 Å². The quantitative estimate of drug-likeness (QED) is 0.737. The van der Waals surface area contributed by atoms with E-state index in [1.165, 1.54) is 4.90 Å². The van der Waals surface area contributed by atoms with Gasteiger partial charge in [0, 0.05) is 18.7 Å². The number of carbonyl (C=O) groups is 2. The fraction of sp³-hybridized carbons (Fsp3) is 0.833. The van der Waals surface area contributed by atoms with Crippen LogP contribution in [-0.2, 0) is 9.53 Å². The van der Waals surface area contributed by atoms with Gasteiger partial charge < -0.3 is 20.1 Å². The lowest BCUT2D eigenvalue weighted by Crippen LogP contribution is -2.53. The first-order valence-electron chi connectivity index (χ1n) is 6.50. The zero-order valence-electron chi connectivity index (χ0n) is 10.6. The normalized spacial score (nSPS) is 26.3. The highest BCUT2D eigenvalue weighted by atomic mass is 16.5. The van der Waals surface area contributed by atoms with Crippen LogP contribution in [0.1, 0.15) is 32.6 Å². The lowest BCUT2D eigenvalue weighted by Gasteiger charge is -2.36. The molecular weight excluding hydrogens is 236 g/mol. The predicted octanol–water partition coefficient (Wildman–Crippen LogP) is 0.812. The van der Waals surface area contributed by atoms with Gasteiger partial charge in [-0.2, -0.15) is 0 Å². The number of aliphatic carboxylic acids is 1. The molecule has 0 aromatic rings. The number of urea groups is 1. The van der Waals surface area contributed by atoms with Crippen molar-refractivity contribution in [1.29, 1.82) is 0 Å². The lowest BCUT2D eigenvalue weighted by atomic mass is 9.89. The molecule has 6 heteroatoms. The summed E-state index contributed by atoms with van der Waals surface area (Å²) in [4.78, 5) is 24.1. The Bertz CT molecular complexity index is 324. The van der Waals surface area contributed by atoms with Gasteiger partial charge in [0.05, 0.1) is 6.10 Å². The number of amides is 2. The minimum atomic E-state index is -0.960. The maximum Gasteiger partial charge on any atom is 0.323 e. The Balaban J connectivity index is 1.74. The minimum absolute atomic E-state index is 0.115. The van der Waals surface area contributed by atoms with E-state index in [2.05, 4.69) is 5.32 Å². The second-order valence-electron chi connectivity index (χ2n) is 4.95. The molecule has 0 aliphatic heterocycles. The zero-order chi connectivity index (χ0) is 13.1. The number of nitrogens with one attached hydrogen (secondary N) is 1. The number of ether oxygens (including phenoxy) is 1. The van der Waals surface area contributed by atoms with Crippen molar-refractivity contribution >= 4 is 12.0 Å². The molecule has 102 valence electrons. The summed E-state index contributed by atoms with van der Waals surface area (Å²) in [5.74, 6) is -0.960. The number of hydrogen-bond donors (Lipinski definition) is 2. The summed E-state index contributed by atoms with van der Waals surface area (Å²) in [5.41, 5.74) is 0. The van der Waals surface area contributed by atoms with E-state index in [4.69, 9.17) is 9.84 Å². The van der Waals surface area contributed by atoms with Gasteiger partial charge in [-0.1, -0.05) is 0 Å². The molecule has 2 saturated carbocycles. The highest BCUT2D eigenvalue weighted by Crippen LogP contribution is 2.28. The van der Waals surface area contributed by atoms with Gasteiger partial charge in [-0.3, -0.25) is 4.79 Å². The van der Waals surface area contributed by atoms with E-state index in [-0.39, 0.29) is 30.8 Å². The summed E-state index contributed by atoms with van der Waals surface area (Å²) in [7, 11) is 0. The standard InChI is InChI=1S/C12H20N2O4/c1-2-18-10-5-8(6-10)13-12(17)14(7-11(15)16)9-3-4-9/h8-10H,2-7H2,1H3,(H,13,17)(H,15,16). The van der Waals surface area contributed by atoms with Crippen LogP contribution in [-0.4, -0.2) is 53.3 Å². The molecule has 2 rings (SSSR count). The first-order chi connectivity index (χ1) is 8.60. The number of hydrogen-bond acceptors (Lipinski definition) is 3. The Morgan fingerprint density at radius 3 is 2.56 bits per heavy atom. The lowest BCUT2D eigenvalue weighted by molar-refractivity contribution is -0.137. The van der Waals surface area contributed by atoms with Crippen LogP contribution in [0, 0.1) is 0 Å². The number of carboxylic acid groups (broad SMARTS) is 1. The first-order valence-corrected chi connectivity index (χ1v) is 6.50. The molecule has 0 aromatic heterocycles. The summed E-state index contributed by atoms with van der Waals surface area (Å²) in [6.07, 6.45) is 3.71. The van der Waals surface area contributed by atoms with Crippen LogP contribution < -0.4 is 5.32 Å². The molecular formula is C12H20N2O4. The molecule has 0 spiro atoms. The Morgan fingerprint density at radius 2 is 2.06 bits per heavy atom. The molecule has 0 radical (unpaired) electrons. The minimum Gasteiger partial charge on any atom is -0.480 e. The van der Waals surface area contributed by atoms with E-state index < -0.39 is 5.97 Å². The second kappa shape index (κ2) is 5.56. The molecule has 0 atom stereocenters. The fourth-order valence-electron chi connectivity index (χ4n) is 2.21. The van der Waals surface area contributed by atoms with Gasteiger partial charge in [-0.25, -0.2) is 4.79 Å². The number of carboxylic acids is 1. The van der Waals surface area contributed by atoms with Crippen LogP contribution in [0.3, 0.4) is 0 Å². The Labute approximate surface area is 106 Å². The van der Waals surface area contributed by atoms with Gasteiger partial charge in [0.15, 0.2) is 0 Å². The van der Waals surface area contributed by atoms with Gasteiger partial charge >= 0.3 is 12.0 Å². The average Bonchev–Trinajstić information content (AvgIpc) is 3.06. The van der Waals surface area contributed by atoms with Crippen molar-refractivity contribution in [3.8, 4) is 0 Å². The zero-order valence-corrected chi connectivity index (χ0v) is 10.6. The average molecular weight is 256 g/mol. The molecule has 2 aliphatic carbocycles. The van der Waals surface area contributed by atoms with Gasteiger partial charge in [0.1, 0.15) is 6.54 Å². The van der Waals surface area contributed by atoms with Crippen LogP contribution >= 0.6 is 0 Å². The summed E-state index contributed by atoms with van der Waals surface area (Å²) in [6.45, 7) is 2.43. The van der Waals surface area contributed by atoms with Gasteiger partial charge in [0.25, 0.3) is 0 Å². The second-order valence-corrected chi connectivity index (χ2v) is 4.95. The first kappa shape index (κ1) is 13.1. The molecule has 0 unspecified atom stereocenters. The van der Waals surface area contributed by atoms with Crippen LogP contribution in [0.25, 0.3) is 0 Å². The third-order valence-corrected chi connectivity index (χ3v) is 3.38. The van der Waals surface area contributed by atoms with Gasteiger partial charge in [-0.05, 0) is 32.6 Å². The summed E-state index contributed by atoms with van der Waals surface area (Å²) < 4.78 is 5.42. The number of carbonyl (C=O) groups excluding carboxylic acids is 1. The van der Waals surface area contributed by atoms with E-state index >= 15 is 0 Å². The van der Waals surface area contributed by atoms with Crippen molar-refractivity contribution < 1.29 is 19.4 Å². The molecule has 2 N–H and O–H groups in total. The van der Waals surface area contributed by atoms with Crippen LogP contribution in [0.4, 0.5) is 4.79 Å². The maximum atomic E-state index is 11.9. The van der Waals surface area contributed by atoms with Crippen LogP contribution in [0.2, 0.25) is 0 Å². The van der Waals surface area contributed by atoms with E-state index in [1.807, 2.05) is 6.92 Å². The summed E-state index contributed by atoms with van der Waals surface area (Å²) in [6, 6.07) is -0.00666. The monoisotopic (exact) mass is 256 g/mol. The van der Waals surface area contributed by atoms with E-state index in [1.54, 1.807) is 0 Å². The Hall–Kier alpha value is -1.30. The van der Waals surface area contributed by atoms with Crippen molar-refractivity contribution in [2.45, 2.75) is 50.8 Å². The molecule has 0 heterocycles. The van der Waals surface area contributed by atoms with Crippen molar-refractivity contribution in [2.75, 3.05) is 13.2 Å². The van der Waals surface area contributed by atoms with Crippen LogP contribution in [0.5, 0.6) is 0 Å². The van der Waals surface area contributed by atoms with Crippen molar-refractivity contribution in [1.82, 2.24) is 10.2 Å². The SMILES string of the molecule is CCOC1CC(NC(=O)N(CC(=O)O)C2CC2)C1. The Morgan fingerprint density at radius 1 is 1.39 bits per heavy atom. The predicted molar refractivity (Wildman–Crippen MR) is 64.3 cm³/mol. The van der Waals surface area contributed by atoms with Crippen molar-refractivity contribution in [3.63, 3.8) is 0 Å². The fourth-order valence-corrected chi connectivity index (χ4v) is 2.21. The van der Waals surface area contributed by atoms with Gasteiger partial charge in [0.2, 0.25) is 0 Å². The molecule has 2 fully saturated rings. The number of nitrogens with zero attached hydrogens (tertiary/aromatic N) is 1.